The van der Waals surface area contributed by atoms with Crippen molar-refractivity contribution in [2.45, 2.75) is 6.92 Å². The summed E-state index contributed by atoms with van der Waals surface area (Å²) in [7, 11) is 0. The second-order valence-corrected chi connectivity index (χ2v) is 3.44. The summed E-state index contributed by atoms with van der Waals surface area (Å²) in [6.45, 7) is 1.90. The van der Waals surface area contributed by atoms with E-state index >= 15 is 0 Å². The van der Waals surface area contributed by atoms with Crippen LogP contribution < -0.4 is 4.74 Å². The molecule has 0 bridgehead atoms. The van der Waals surface area contributed by atoms with Gasteiger partial charge in [-0.3, -0.25) is 0 Å². The number of hydrogen-bond acceptors (Lipinski definition) is 2. The molecule has 0 fully saturated rings. The molecule has 0 atom stereocenters. The number of ether oxygens (including phenoxy) is 1. The van der Waals surface area contributed by atoms with Crippen molar-refractivity contribution in [2.75, 3.05) is 0 Å². The number of carbonyl (C=O) groups excluding carboxylic acids is 1. The van der Waals surface area contributed by atoms with Crippen LogP contribution in [0.5, 0.6) is 5.75 Å². The van der Waals surface area contributed by atoms with Crippen LogP contribution in [0.2, 0.25) is 0 Å². The van der Waals surface area contributed by atoms with E-state index in [0.717, 1.165) is 5.56 Å². The van der Waals surface area contributed by atoms with Crippen molar-refractivity contribution in [1.82, 2.24) is 0 Å². The molecule has 1 rings (SSSR count). The fraction of sp³-hybridized carbons (Fsp3) is 0.125. The van der Waals surface area contributed by atoms with Crippen LogP contribution in [0.25, 0.3) is 0 Å². The molecule has 1 aromatic rings. The van der Waals surface area contributed by atoms with Crippen LogP contribution >= 0.6 is 27.5 Å². The van der Waals surface area contributed by atoms with E-state index in [2.05, 4.69) is 15.9 Å². The molecule has 0 saturated heterocycles. The minimum Gasteiger partial charge on any atom is -0.413 e. The molecule has 64 valence electrons. The topological polar surface area (TPSA) is 26.3 Å². The maximum absolute atomic E-state index is 10.4. The van der Waals surface area contributed by atoms with Crippen molar-refractivity contribution >= 4 is 33.0 Å². The van der Waals surface area contributed by atoms with E-state index < -0.39 is 5.43 Å². The number of aryl methyl sites for hydroxylation is 1. The highest BCUT2D eigenvalue weighted by atomic mass is 79.9. The van der Waals surface area contributed by atoms with Gasteiger partial charge >= 0.3 is 5.43 Å². The third kappa shape index (κ3) is 2.50. The van der Waals surface area contributed by atoms with Gasteiger partial charge in [0.25, 0.3) is 0 Å². The van der Waals surface area contributed by atoms with E-state index in [4.69, 9.17) is 16.3 Å². The van der Waals surface area contributed by atoms with Crippen molar-refractivity contribution in [1.29, 1.82) is 0 Å². The van der Waals surface area contributed by atoms with E-state index in [0.29, 0.717) is 10.2 Å². The highest BCUT2D eigenvalue weighted by molar-refractivity contribution is 9.10. The van der Waals surface area contributed by atoms with Gasteiger partial charge in [0.05, 0.1) is 4.47 Å². The Morgan fingerprint density at radius 1 is 1.58 bits per heavy atom. The summed E-state index contributed by atoms with van der Waals surface area (Å²) in [5.41, 5.74) is 0.174. The summed E-state index contributed by atoms with van der Waals surface area (Å²) in [4.78, 5) is 10.4. The zero-order chi connectivity index (χ0) is 9.14. The SMILES string of the molecule is Cc1ccc(Br)c(OC(=O)Cl)c1. The first-order valence-corrected chi connectivity index (χ1v) is 4.40. The van der Waals surface area contributed by atoms with Gasteiger partial charge < -0.3 is 4.74 Å². The highest BCUT2D eigenvalue weighted by Crippen LogP contribution is 2.26. The van der Waals surface area contributed by atoms with Crippen molar-refractivity contribution in [3.8, 4) is 5.75 Å². The van der Waals surface area contributed by atoms with Gasteiger partial charge in [0.1, 0.15) is 5.75 Å². The zero-order valence-electron chi connectivity index (χ0n) is 6.30. The second kappa shape index (κ2) is 3.92. The van der Waals surface area contributed by atoms with Crippen molar-refractivity contribution < 1.29 is 9.53 Å². The monoisotopic (exact) mass is 248 g/mol. The first kappa shape index (κ1) is 9.55. The molecule has 0 aromatic heterocycles. The molecule has 4 heteroatoms. The summed E-state index contributed by atoms with van der Waals surface area (Å²) >= 11 is 8.28. The van der Waals surface area contributed by atoms with E-state index in [1.54, 1.807) is 12.1 Å². The van der Waals surface area contributed by atoms with Gasteiger partial charge in [-0.1, -0.05) is 6.07 Å². The maximum atomic E-state index is 10.4. The maximum Gasteiger partial charge on any atom is 0.409 e. The van der Waals surface area contributed by atoms with Gasteiger partial charge in [0.2, 0.25) is 0 Å². The number of hydrogen-bond donors (Lipinski definition) is 0. The average molecular weight is 249 g/mol. The van der Waals surface area contributed by atoms with E-state index in [9.17, 15) is 4.79 Å². The van der Waals surface area contributed by atoms with Crippen LogP contribution in [-0.4, -0.2) is 5.43 Å². The molecule has 0 aliphatic rings. The molecule has 0 heterocycles. The van der Waals surface area contributed by atoms with Crippen LogP contribution in [0, 0.1) is 6.92 Å². The Morgan fingerprint density at radius 3 is 2.83 bits per heavy atom. The van der Waals surface area contributed by atoms with Crippen LogP contribution in [0.4, 0.5) is 4.79 Å². The number of carbonyl (C=O) groups is 1. The molecule has 0 unspecified atom stereocenters. The van der Waals surface area contributed by atoms with Crippen molar-refractivity contribution in [3.05, 3.63) is 28.2 Å². The fourth-order valence-electron chi connectivity index (χ4n) is 0.775. The van der Waals surface area contributed by atoms with Gasteiger partial charge in [-0.15, -0.1) is 0 Å². The molecule has 12 heavy (non-hydrogen) atoms. The molecular weight excluding hydrogens is 243 g/mol. The lowest BCUT2D eigenvalue weighted by Crippen LogP contribution is -1.96. The standard InChI is InChI=1S/C8H6BrClO2/c1-5-2-3-6(9)7(4-5)12-8(10)11/h2-4H,1H3. The molecular formula is C8H6BrClO2. The van der Waals surface area contributed by atoms with Crippen molar-refractivity contribution in [2.24, 2.45) is 0 Å². The van der Waals surface area contributed by atoms with Crippen LogP contribution in [-0.2, 0) is 0 Å². The second-order valence-electron chi connectivity index (χ2n) is 2.27. The Hall–Kier alpha value is -0.540. The summed E-state index contributed by atoms with van der Waals surface area (Å²) in [5.74, 6) is 0.440. The van der Waals surface area contributed by atoms with Crippen LogP contribution in [0.3, 0.4) is 0 Å². The smallest absolute Gasteiger partial charge is 0.409 e. The van der Waals surface area contributed by atoms with Gasteiger partial charge in [-0.05, 0) is 40.5 Å². The van der Waals surface area contributed by atoms with E-state index in [1.807, 2.05) is 13.0 Å². The Labute approximate surface area is 83.6 Å². The Bertz CT molecular complexity index is 312. The third-order valence-corrected chi connectivity index (χ3v) is 2.01. The number of benzene rings is 1. The molecule has 2 nitrogen and oxygen atoms in total. The third-order valence-electron chi connectivity index (χ3n) is 1.28. The van der Waals surface area contributed by atoms with Gasteiger partial charge in [0.15, 0.2) is 0 Å². The Balaban J connectivity index is 2.97. The first-order chi connectivity index (χ1) is 5.59. The van der Waals surface area contributed by atoms with Gasteiger partial charge in [-0.2, -0.15) is 0 Å². The number of halogens is 2. The quantitative estimate of drug-likeness (QED) is 0.712. The van der Waals surface area contributed by atoms with Gasteiger partial charge in [-0.25, -0.2) is 4.79 Å². The fourth-order valence-corrected chi connectivity index (χ4v) is 1.19. The Morgan fingerprint density at radius 2 is 2.25 bits per heavy atom. The van der Waals surface area contributed by atoms with Gasteiger partial charge in [0, 0.05) is 11.6 Å². The van der Waals surface area contributed by atoms with Crippen LogP contribution in [0.1, 0.15) is 5.56 Å². The normalized spacial score (nSPS) is 9.58. The molecule has 0 aliphatic carbocycles. The minimum absolute atomic E-state index is 0.440. The molecule has 0 spiro atoms. The molecule has 0 amide bonds. The van der Waals surface area contributed by atoms with Crippen molar-refractivity contribution in [3.63, 3.8) is 0 Å². The molecule has 0 aliphatic heterocycles. The zero-order valence-corrected chi connectivity index (χ0v) is 8.65. The first-order valence-electron chi connectivity index (χ1n) is 3.23. The molecule has 1 aromatic carbocycles. The lowest BCUT2D eigenvalue weighted by Gasteiger charge is -2.02. The molecule has 0 N–H and O–H groups in total. The summed E-state index contributed by atoms with van der Waals surface area (Å²) in [6, 6.07) is 5.42. The van der Waals surface area contributed by atoms with E-state index in [-0.39, 0.29) is 0 Å². The lowest BCUT2D eigenvalue weighted by molar-refractivity contribution is 0.225. The van der Waals surface area contributed by atoms with Crippen LogP contribution in [0.15, 0.2) is 22.7 Å². The predicted octanol–water partition coefficient (Wildman–Crippen LogP) is 3.50. The Kier molecular flexibility index (Phi) is 3.12. The van der Waals surface area contributed by atoms with E-state index in [1.165, 1.54) is 0 Å². The summed E-state index contributed by atoms with van der Waals surface area (Å²) in [5, 5.41) is 0. The summed E-state index contributed by atoms with van der Waals surface area (Å²) < 4.78 is 5.42. The summed E-state index contributed by atoms with van der Waals surface area (Å²) in [6.07, 6.45) is 0. The highest BCUT2D eigenvalue weighted by Gasteiger charge is 2.04. The molecule has 0 radical (unpaired) electrons. The predicted molar refractivity (Wildman–Crippen MR) is 50.8 cm³/mol. The molecule has 0 saturated carbocycles. The lowest BCUT2D eigenvalue weighted by atomic mass is 10.2. The number of rotatable bonds is 1. The largest absolute Gasteiger partial charge is 0.413 e. The minimum atomic E-state index is -0.832. The average Bonchev–Trinajstić information content (AvgIpc) is 1.96.